The molecule has 1 aromatic carbocycles. The summed E-state index contributed by atoms with van der Waals surface area (Å²) in [5, 5.41) is 5.28. The number of benzene rings is 1. The van der Waals surface area contributed by atoms with Gasteiger partial charge >= 0.3 is 6.18 Å². The zero-order valence-corrected chi connectivity index (χ0v) is 10.6. The summed E-state index contributed by atoms with van der Waals surface area (Å²) >= 11 is 0. The van der Waals surface area contributed by atoms with Crippen LogP contribution in [0.1, 0.15) is 11.1 Å². The smallest absolute Gasteiger partial charge is 0.355 e. The highest BCUT2D eigenvalue weighted by atomic mass is 19.4. The highest BCUT2D eigenvalue weighted by Gasteiger charge is 2.30. The summed E-state index contributed by atoms with van der Waals surface area (Å²) in [7, 11) is 1.51. The van der Waals surface area contributed by atoms with Gasteiger partial charge in [0.1, 0.15) is 5.84 Å². The number of amides is 1. The molecule has 0 saturated carbocycles. The van der Waals surface area contributed by atoms with Crippen molar-refractivity contribution in [3.8, 4) is 0 Å². The van der Waals surface area contributed by atoms with Crippen molar-refractivity contribution in [1.29, 1.82) is 0 Å². The van der Waals surface area contributed by atoms with E-state index in [1.807, 2.05) is 0 Å². The molecule has 2 rings (SSSR count). The van der Waals surface area contributed by atoms with Crippen molar-refractivity contribution in [2.24, 2.45) is 4.99 Å². The molecule has 0 unspecified atom stereocenters. The average Bonchev–Trinajstić information content (AvgIpc) is 2.46. The van der Waals surface area contributed by atoms with Gasteiger partial charge in [-0.25, -0.2) is 0 Å². The minimum Gasteiger partial charge on any atom is -0.355 e. The summed E-state index contributed by atoms with van der Waals surface area (Å²) in [5.74, 6) is 0.194. The van der Waals surface area contributed by atoms with Crippen LogP contribution in [-0.4, -0.2) is 25.3 Å². The van der Waals surface area contributed by atoms with Gasteiger partial charge in [-0.2, -0.15) is 13.2 Å². The van der Waals surface area contributed by atoms with Gasteiger partial charge in [0, 0.05) is 18.8 Å². The van der Waals surface area contributed by atoms with Crippen LogP contribution in [0.2, 0.25) is 0 Å². The monoisotopic (exact) mass is 283 g/mol. The number of nitrogens with one attached hydrogen (secondary N) is 2. The van der Waals surface area contributed by atoms with Crippen LogP contribution in [0.5, 0.6) is 0 Å². The molecule has 4 nitrogen and oxygen atoms in total. The van der Waals surface area contributed by atoms with Crippen molar-refractivity contribution in [2.45, 2.75) is 6.18 Å². The quantitative estimate of drug-likeness (QED) is 0.867. The van der Waals surface area contributed by atoms with E-state index in [0.29, 0.717) is 17.0 Å². The van der Waals surface area contributed by atoms with Gasteiger partial charge in [-0.3, -0.25) is 9.79 Å². The number of carbonyl (C=O) groups excluding carboxylic acids is 1. The number of halogens is 3. The van der Waals surface area contributed by atoms with Crippen LogP contribution < -0.4 is 10.6 Å². The van der Waals surface area contributed by atoms with Crippen molar-refractivity contribution in [3.05, 3.63) is 47.2 Å². The van der Waals surface area contributed by atoms with Gasteiger partial charge in [-0.05, 0) is 12.1 Å². The molecule has 1 aromatic rings. The summed E-state index contributed by atoms with van der Waals surface area (Å²) in [4.78, 5) is 15.5. The van der Waals surface area contributed by atoms with Crippen LogP contribution in [-0.2, 0) is 11.0 Å². The number of carbonyl (C=O) groups is 1. The molecule has 7 heteroatoms. The van der Waals surface area contributed by atoms with Crippen LogP contribution in [0.3, 0.4) is 0 Å². The summed E-state index contributed by atoms with van der Waals surface area (Å²) in [6.07, 6.45) is -2.86. The van der Waals surface area contributed by atoms with Crippen molar-refractivity contribution < 1.29 is 18.0 Å². The average molecular weight is 283 g/mol. The number of rotatable bonds is 2. The Morgan fingerprint density at radius 3 is 2.40 bits per heavy atom. The first kappa shape index (κ1) is 14.1. The zero-order chi connectivity index (χ0) is 14.8. The van der Waals surface area contributed by atoms with Gasteiger partial charge in [-0.15, -0.1) is 0 Å². The maximum Gasteiger partial charge on any atom is 0.416 e. The van der Waals surface area contributed by atoms with E-state index < -0.39 is 11.7 Å². The van der Waals surface area contributed by atoms with E-state index in [0.717, 1.165) is 12.1 Å². The maximum absolute atomic E-state index is 12.4. The lowest BCUT2D eigenvalue weighted by molar-refractivity contribution is -0.137. The highest BCUT2D eigenvalue weighted by Crippen LogP contribution is 2.29. The Hall–Kier alpha value is -2.31. The van der Waals surface area contributed by atoms with Crippen LogP contribution in [0.25, 0.3) is 0 Å². The Labute approximate surface area is 113 Å². The molecular formula is C13H12F3N3O. The molecular weight excluding hydrogens is 271 g/mol. The molecule has 106 valence electrons. The molecule has 1 heterocycles. The molecule has 0 atom stereocenters. The highest BCUT2D eigenvalue weighted by molar-refractivity contribution is 6.03. The number of aliphatic imine (C=N–C) groups is 1. The summed E-state index contributed by atoms with van der Waals surface area (Å²) in [5.41, 5.74) is 0.285. The number of hydrogen-bond donors (Lipinski definition) is 2. The SMILES string of the molecule is CNC(=O)C1=CNC(c2ccc(C(F)(F)F)cc2)=NC1. The fourth-order valence-corrected chi connectivity index (χ4v) is 1.70. The second-order valence-electron chi connectivity index (χ2n) is 4.13. The molecule has 0 aromatic heterocycles. The Bertz CT molecular complexity index is 574. The van der Waals surface area contributed by atoms with Crippen molar-refractivity contribution in [1.82, 2.24) is 10.6 Å². The molecule has 0 bridgehead atoms. The van der Waals surface area contributed by atoms with E-state index >= 15 is 0 Å². The second-order valence-corrected chi connectivity index (χ2v) is 4.13. The van der Waals surface area contributed by atoms with E-state index in [-0.39, 0.29) is 12.5 Å². The third-order valence-electron chi connectivity index (χ3n) is 2.80. The molecule has 2 N–H and O–H groups in total. The van der Waals surface area contributed by atoms with Crippen LogP contribution in [0, 0.1) is 0 Å². The van der Waals surface area contributed by atoms with Gasteiger partial charge < -0.3 is 10.6 Å². The van der Waals surface area contributed by atoms with Gasteiger partial charge in [0.2, 0.25) is 5.91 Å². The summed E-state index contributed by atoms with van der Waals surface area (Å²) in [6, 6.07) is 4.68. The summed E-state index contributed by atoms with van der Waals surface area (Å²) in [6.45, 7) is 0.184. The van der Waals surface area contributed by atoms with Crippen molar-refractivity contribution >= 4 is 11.7 Å². The number of alkyl halides is 3. The largest absolute Gasteiger partial charge is 0.416 e. The number of amidine groups is 1. The minimum atomic E-state index is -4.35. The van der Waals surface area contributed by atoms with Gasteiger partial charge in [-0.1, -0.05) is 12.1 Å². The predicted molar refractivity (Wildman–Crippen MR) is 68.1 cm³/mol. The first-order valence-corrected chi connectivity index (χ1v) is 5.81. The first-order chi connectivity index (χ1) is 9.41. The Morgan fingerprint density at radius 2 is 1.95 bits per heavy atom. The Kier molecular flexibility index (Phi) is 3.78. The number of hydrogen-bond acceptors (Lipinski definition) is 3. The molecule has 20 heavy (non-hydrogen) atoms. The third-order valence-corrected chi connectivity index (χ3v) is 2.80. The van der Waals surface area contributed by atoms with Crippen molar-refractivity contribution in [2.75, 3.05) is 13.6 Å². The van der Waals surface area contributed by atoms with Crippen LogP contribution in [0.15, 0.2) is 41.0 Å². The first-order valence-electron chi connectivity index (χ1n) is 5.81. The topological polar surface area (TPSA) is 53.5 Å². The lowest BCUT2D eigenvalue weighted by Crippen LogP contribution is -2.30. The molecule has 1 amide bonds. The molecule has 1 aliphatic heterocycles. The Morgan fingerprint density at radius 1 is 1.30 bits per heavy atom. The van der Waals surface area contributed by atoms with Crippen molar-refractivity contribution in [3.63, 3.8) is 0 Å². The fraction of sp³-hybridized carbons (Fsp3) is 0.231. The molecule has 0 aliphatic carbocycles. The molecule has 0 saturated heterocycles. The lowest BCUT2D eigenvalue weighted by atomic mass is 10.1. The number of nitrogens with zero attached hydrogens (tertiary/aromatic N) is 1. The van der Waals surface area contributed by atoms with Crippen LogP contribution >= 0.6 is 0 Å². The van der Waals surface area contributed by atoms with Crippen LogP contribution in [0.4, 0.5) is 13.2 Å². The summed E-state index contributed by atoms with van der Waals surface area (Å²) < 4.78 is 37.3. The number of likely N-dealkylation sites (N-methyl/N-ethyl adjacent to an activating group) is 1. The van der Waals surface area contributed by atoms with E-state index in [1.54, 1.807) is 0 Å². The predicted octanol–water partition coefficient (Wildman–Crippen LogP) is 1.69. The second kappa shape index (κ2) is 5.36. The molecule has 0 spiro atoms. The minimum absolute atomic E-state index is 0.184. The molecule has 0 radical (unpaired) electrons. The zero-order valence-electron chi connectivity index (χ0n) is 10.6. The fourth-order valence-electron chi connectivity index (χ4n) is 1.70. The van der Waals surface area contributed by atoms with E-state index in [9.17, 15) is 18.0 Å². The lowest BCUT2D eigenvalue weighted by Gasteiger charge is -2.15. The van der Waals surface area contributed by atoms with Gasteiger partial charge in [0.25, 0.3) is 0 Å². The van der Waals surface area contributed by atoms with Gasteiger partial charge in [0.15, 0.2) is 0 Å². The van der Waals surface area contributed by atoms with E-state index in [4.69, 9.17) is 0 Å². The van der Waals surface area contributed by atoms with Gasteiger partial charge in [0.05, 0.1) is 17.7 Å². The maximum atomic E-state index is 12.4. The molecule has 1 aliphatic rings. The van der Waals surface area contributed by atoms with E-state index in [2.05, 4.69) is 15.6 Å². The third kappa shape index (κ3) is 2.98. The van der Waals surface area contributed by atoms with E-state index in [1.165, 1.54) is 25.4 Å². The Balaban J connectivity index is 2.12. The normalized spacial score (nSPS) is 15.0. The standard InChI is InChI=1S/C13H12F3N3O/c1-17-12(20)9-6-18-11(19-7-9)8-2-4-10(5-3-8)13(14,15)16/h2-6H,7H2,1H3,(H,17,20)(H,18,19). The molecule has 0 fully saturated rings.